The van der Waals surface area contributed by atoms with E-state index in [-0.39, 0.29) is 12.4 Å². The summed E-state index contributed by atoms with van der Waals surface area (Å²) in [6.45, 7) is 9.23. The second kappa shape index (κ2) is 2.61. The average Bonchev–Trinajstić information content (AvgIpc) is 2.50. The maximum Gasteiger partial charge on any atom is 0.190 e. The van der Waals surface area contributed by atoms with Crippen LogP contribution in [0.3, 0.4) is 0 Å². The fraction of sp³-hybridized carbons (Fsp3) is 0.556. The van der Waals surface area contributed by atoms with Crippen molar-refractivity contribution in [1.29, 1.82) is 0 Å². The van der Waals surface area contributed by atoms with Crippen LogP contribution in [0.5, 0.6) is 0 Å². The van der Waals surface area contributed by atoms with Gasteiger partial charge in [-0.25, -0.2) is 0 Å². The first-order chi connectivity index (χ1) is 5.75. The zero-order valence-corrected chi connectivity index (χ0v) is 6.97. The third-order valence-corrected chi connectivity index (χ3v) is 2.44. The van der Waals surface area contributed by atoms with Gasteiger partial charge in [-0.15, -0.1) is 0 Å². The molecule has 0 aromatic carbocycles. The van der Waals surface area contributed by atoms with Crippen molar-refractivity contribution in [3.63, 3.8) is 0 Å². The maximum atomic E-state index is 5.50. The molecule has 0 amide bonds. The van der Waals surface area contributed by atoms with E-state index in [0.29, 0.717) is 12.4 Å². The molecular formula is C9H12O3. The van der Waals surface area contributed by atoms with Crippen molar-refractivity contribution < 1.29 is 14.2 Å². The Morgan fingerprint density at radius 2 is 2.17 bits per heavy atom. The largest absolute Gasteiger partial charge is 0.468 e. The summed E-state index contributed by atoms with van der Waals surface area (Å²) in [5, 5.41) is 0. The molecule has 1 unspecified atom stereocenters. The molecule has 1 atom stereocenters. The van der Waals surface area contributed by atoms with E-state index in [2.05, 4.69) is 13.2 Å². The third-order valence-electron chi connectivity index (χ3n) is 2.44. The van der Waals surface area contributed by atoms with E-state index in [4.69, 9.17) is 14.2 Å². The molecule has 2 saturated heterocycles. The van der Waals surface area contributed by atoms with Gasteiger partial charge in [0.05, 0.1) is 6.61 Å². The lowest BCUT2D eigenvalue weighted by Gasteiger charge is -2.35. The summed E-state index contributed by atoms with van der Waals surface area (Å²) < 4.78 is 15.9. The Balaban J connectivity index is 2.23. The van der Waals surface area contributed by atoms with Gasteiger partial charge in [-0.05, 0) is 0 Å². The summed E-state index contributed by atoms with van der Waals surface area (Å²) in [6, 6.07) is 0. The summed E-state index contributed by atoms with van der Waals surface area (Å²) in [7, 11) is 0. The van der Waals surface area contributed by atoms with Crippen LogP contribution >= 0.6 is 0 Å². The smallest absolute Gasteiger partial charge is 0.190 e. The van der Waals surface area contributed by atoms with E-state index in [1.54, 1.807) is 0 Å². The van der Waals surface area contributed by atoms with E-state index in [9.17, 15) is 0 Å². The molecule has 3 nitrogen and oxygen atoms in total. The van der Waals surface area contributed by atoms with Gasteiger partial charge in [-0.2, -0.15) is 0 Å². The Labute approximate surface area is 71.6 Å². The Morgan fingerprint density at radius 3 is 2.83 bits per heavy atom. The van der Waals surface area contributed by atoms with Crippen LogP contribution in [0.1, 0.15) is 6.42 Å². The van der Waals surface area contributed by atoms with Crippen LogP contribution in [0.25, 0.3) is 0 Å². The van der Waals surface area contributed by atoms with Gasteiger partial charge >= 0.3 is 0 Å². The molecular weight excluding hydrogens is 156 g/mol. The lowest BCUT2D eigenvalue weighted by molar-refractivity contribution is -0.134. The van der Waals surface area contributed by atoms with Crippen LogP contribution in [0, 0.1) is 0 Å². The van der Waals surface area contributed by atoms with Crippen LogP contribution in [-0.2, 0) is 14.2 Å². The maximum absolute atomic E-state index is 5.50. The molecule has 3 heteroatoms. The van der Waals surface area contributed by atoms with E-state index in [1.165, 1.54) is 0 Å². The van der Waals surface area contributed by atoms with E-state index in [1.807, 2.05) is 0 Å². The molecule has 66 valence electrons. The minimum Gasteiger partial charge on any atom is -0.468 e. The highest BCUT2D eigenvalue weighted by atomic mass is 16.7. The molecule has 0 radical (unpaired) electrons. The lowest BCUT2D eigenvalue weighted by atomic mass is 9.92. The summed E-state index contributed by atoms with van der Waals surface area (Å²) >= 11 is 0. The molecule has 2 aliphatic rings. The molecule has 2 heterocycles. The van der Waals surface area contributed by atoms with E-state index < -0.39 is 0 Å². The van der Waals surface area contributed by atoms with Crippen LogP contribution < -0.4 is 0 Å². The van der Waals surface area contributed by atoms with Gasteiger partial charge in [0.2, 0.25) is 0 Å². The summed E-state index contributed by atoms with van der Waals surface area (Å²) in [6.07, 6.45) is 0.855. The minimum atomic E-state index is -0.338. The summed E-state index contributed by atoms with van der Waals surface area (Å²) in [4.78, 5) is 0. The molecule has 12 heavy (non-hydrogen) atoms. The second-order valence-corrected chi connectivity index (χ2v) is 3.11. The highest BCUT2D eigenvalue weighted by molar-refractivity contribution is 5.32. The Hall–Kier alpha value is -0.800. The average molecular weight is 168 g/mol. The zero-order chi connectivity index (χ0) is 8.60. The second-order valence-electron chi connectivity index (χ2n) is 3.11. The van der Waals surface area contributed by atoms with Gasteiger partial charge < -0.3 is 14.2 Å². The molecule has 0 bridgehead atoms. The van der Waals surface area contributed by atoms with Gasteiger partial charge in [-0.1, -0.05) is 13.2 Å². The van der Waals surface area contributed by atoms with Gasteiger partial charge in [0, 0.05) is 18.6 Å². The van der Waals surface area contributed by atoms with Gasteiger partial charge in [0.15, 0.2) is 6.79 Å². The molecule has 0 aliphatic carbocycles. The van der Waals surface area contributed by atoms with E-state index in [0.717, 1.165) is 18.6 Å². The van der Waals surface area contributed by atoms with Crippen molar-refractivity contribution in [2.24, 2.45) is 0 Å². The SMILES string of the molecule is C=C1OCOC2(CCOC2)C1=C. The first-order valence-corrected chi connectivity index (χ1v) is 3.98. The van der Waals surface area contributed by atoms with Gasteiger partial charge in [0.1, 0.15) is 11.4 Å². The fourth-order valence-electron chi connectivity index (χ4n) is 1.54. The van der Waals surface area contributed by atoms with Crippen molar-refractivity contribution in [1.82, 2.24) is 0 Å². The molecule has 2 fully saturated rings. The predicted octanol–water partition coefficient (Wildman–Crippen LogP) is 1.22. The number of rotatable bonds is 0. The fourth-order valence-corrected chi connectivity index (χ4v) is 1.54. The topological polar surface area (TPSA) is 27.7 Å². The van der Waals surface area contributed by atoms with Crippen LogP contribution in [-0.4, -0.2) is 25.6 Å². The normalized spacial score (nSPS) is 35.7. The third kappa shape index (κ3) is 0.974. The quantitative estimate of drug-likeness (QED) is 0.544. The molecule has 1 spiro atoms. The lowest BCUT2D eigenvalue weighted by Crippen LogP contribution is -2.40. The van der Waals surface area contributed by atoms with Gasteiger partial charge in [0.25, 0.3) is 0 Å². The van der Waals surface area contributed by atoms with Crippen LogP contribution in [0.15, 0.2) is 24.5 Å². The standard InChI is InChI=1S/C9H12O3/c1-7-8(2)11-6-12-9(7)3-4-10-5-9/h1-6H2. The Bertz CT molecular complexity index is 226. The van der Waals surface area contributed by atoms with Gasteiger partial charge in [-0.3, -0.25) is 0 Å². The van der Waals surface area contributed by atoms with Crippen molar-refractivity contribution in [3.05, 3.63) is 24.5 Å². The summed E-state index contributed by atoms with van der Waals surface area (Å²) in [5.74, 6) is 0.631. The van der Waals surface area contributed by atoms with Crippen molar-refractivity contribution in [2.45, 2.75) is 12.0 Å². The van der Waals surface area contributed by atoms with Crippen LogP contribution in [0.4, 0.5) is 0 Å². The molecule has 0 aromatic heterocycles. The molecule has 0 saturated carbocycles. The minimum absolute atomic E-state index is 0.265. The number of hydrogen-bond acceptors (Lipinski definition) is 3. The molecule has 0 N–H and O–H groups in total. The molecule has 0 aromatic rings. The monoisotopic (exact) mass is 168 g/mol. The van der Waals surface area contributed by atoms with E-state index >= 15 is 0 Å². The van der Waals surface area contributed by atoms with Crippen molar-refractivity contribution >= 4 is 0 Å². The highest BCUT2D eigenvalue weighted by Gasteiger charge is 2.43. The molecule has 2 rings (SSSR count). The van der Waals surface area contributed by atoms with Crippen LogP contribution in [0.2, 0.25) is 0 Å². The summed E-state index contributed by atoms with van der Waals surface area (Å²) in [5.41, 5.74) is 0.487. The predicted molar refractivity (Wildman–Crippen MR) is 43.5 cm³/mol. The number of hydrogen-bond donors (Lipinski definition) is 0. The Morgan fingerprint density at radius 1 is 1.33 bits per heavy atom. The first kappa shape index (κ1) is 7.83. The number of ether oxygens (including phenoxy) is 3. The van der Waals surface area contributed by atoms with Crippen molar-refractivity contribution in [2.75, 3.05) is 20.0 Å². The van der Waals surface area contributed by atoms with Crippen molar-refractivity contribution in [3.8, 4) is 0 Å². The molecule has 2 aliphatic heterocycles. The highest BCUT2D eigenvalue weighted by Crippen LogP contribution is 2.37. The Kier molecular flexibility index (Phi) is 1.70. The first-order valence-electron chi connectivity index (χ1n) is 3.98. The zero-order valence-electron chi connectivity index (χ0n) is 6.97.